The Hall–Kier alpha value is -2.87. The number of methoxy groups -OCH3 is 1. The predicted molar refractivity (Wildman–Crippen MR) is 86.1 cm³/mol. The summed E-state index contributed by atoms with van der Waals surface area (Å²) < 4.78 is 15.8. The number of ether oxygens (including phenoxy) is 2. The van der Waals surface area contributed by atoms with Crippen molar-refractivity contribution in [2.45, 2.75) is 13.0 Å². The highest BCUT2D eigenvalue weighted by atomic mass is 32.1. The van der Waals surface area contributed by atoms with E-state index in [0.717, 1.165) is 4.88 Å². The molecule has 0 aliphatic carbocycles. The number of carbonyl (C=O) groups excluding carboxylic acids is 1. The van der Waals surface area contributed by atoms with Crippen LogP contribution >= 0.6 is 11.3 Å². The Kier molecular flexibility index (Phi) is 4.48. The van der Waals surface area contributed by atoms with Gasteiger partial charge in [0.15, 0.2) is 6.10 Å². The first-order valence-corrected chi connectivity index (χ1v) is 7.91. The molecule has 0 aliphatic heterocycles. The topological polar surface area (TPSA) is 94.7 Å². The van der Waals surface area contributed by atoms with E-state index in [1.807, 2.05) is 17.5 Å². The van der Waals surface area contributed by atoms with Crippen LogP contribution in [0.5, 0.6) is 11.5 Å². The normalized spacial score (nSPS) is 11.9. The van der Waals surface area contributed by atoms with Crippen molar-refractivity contribution in [3.05, 3.63) is 47.2 Å². The molecule has 1 aromatic carbocycles. The van der Waals surface area contributed by atoms with Gasteiger partial charge in [0.2, 0.25) is 0 Å². The SMILES string of the molecule is COc1ccc(O)c(C(=O)O[C@@H](C)c2nnc(-c3cccs3)o2)c1. The maximum Gasteiger partial charge on any atom is 0.342 e. The Labute approximate surface area is 141 Å². The van der Waals surface area contributed by atoms with E-state index in [0.29, 0.717) is 11.6 Å². The molecule has 0 radical (unpaired) electrons. The number of nitrogens with zero attached hydrogens (tertiary/aromatic N) is 2. The molecule has 0 saturated heterocycles. The van der Waals surface area contributed by atoms with Crippen LogP contribution in [-0.4, -0.2) is 28.4 Å². The lowest BCUT2D eigenvalue weighted by molar-refractivity contribution is 0.0276. The molecule has 0 aliphatic rings. The number of phenolic OH excluding ortho intramolecular Hbond substituents is 1. The molecule has 0 amide bonds. The summed E-state index contributed by atoms with van der Waals surface area (Å²) >= 11 is 1.47. The summed E-state index contributed by atoms with van der Waals surface area (Å²) in [6, 6.07) is 8.03. The smallest absolute Gasteiger partial charge is 0.342 e. The van der Waals surface area contributed by atoms with Crippen LogP contribution in [0.2, 0.25) is 0 Å². The van der Waals surface area contributed by atoms with Gasteiger partial charge in [-0.2, -0.15) is 0 Å². The second kappa shape index (κ2) is 6.71. The van der Waals surface area contributed by atoms with E-state index in [-0.39, 0.29) is 17.2 Å². The largest absolute Gasteiger partial charge is 0.507 e. The van der Waals surface area contributed by atoms with Crippen LogP contribution in [0, 0.1) is 0 Å². The zero-order valence-electron chi connectivity index (χ0n) is 12.9. The molecule has 124 valence electrons. The first-order valence-electron chi connectivity index (χ1n) is 7.03. The summed E-state index contributed by atoms with van der Waals surface area (Å²) in [4.78, 5) is 13.1. The highest BCUT2D eigenvalue weighted by molar-refractivity contribution is 7.13. The first-order chi connectivity index (χ1) is 11.6. The van der Waals surface area contributed by atoms with Crippen LogP contribution in [-0.2, 0) is 4.74 Å². The lowest BCUT2D eigenvalue weighted by atomic mass is 10.2. The monoisotopic (exact) mass is 346 g/mol. The number of phenols is 1. The van der Waals surface area contributed by atoms with Crippen LogP contribution in [0.25, 0.3) is 10.8 Å². The van der Waals surface area contributed by atoms with E-state index >= 15 is 0 Å². The minimum atomic E-state index is -0.760. The van der Waals surface area contributed by atoms with Gasteiger partial charge < -0.3 is 19.0 Å². The molecule has 8 heteroatoms. The second-order valence-electron chi connectivity index (χ2n) is 4.85. The fourth-order valence-corrected chi connectivity index (χ4v) is 2.62. The average molecular weight is 346 g/mol. The van der Waals surface area contributed by atoms with Crippen molar-refractivity contribution in [2.24, 2.45) is 0 Å². The molecule has 7 nitrogen and oxygen atoms in total. The summed E-state index contributed by atoms with van der Waals surface area (Å²) in [5.41, 5.74) is -0.000745. The molecule has 2 aromatic heterocycles. The third kappa shape index (κ3) is 3.23. The van der Waals surface area contributed by atoms with Gasteiger partial charge in [-0.25, -0.2) is 4.79 Å². The van der Waals surface area contributed by atoms with Crippen LogP contribution in [0.3, 0.4) is 0 Å². The van der Waals surface area contributed by atoms with Gasteiger partial charge in [0.1, 0.15) is 17.1 Å². The molecular formula is C16H14N2O5S. The number of aromatic hydroxyl groups is 1. The molecule has 24 heavy (non-hydrogen) atoms. The minimum absolute atomic E-state index is 0.000745. The van der Waals surface area contributed by atoms with Gasteiger partial charge in [0.05, 0.1) is 12.0 Å². The van der Waals surface area contributed by atoms with Crippen LogP contribution < -0.4 is 4.74 Å². The Morgan fingerprint density at radius 1 is 1.33 bits per heavy atom. The zero-order valence-corrected chi connectivity index (χ0v) is 13.7. The molecule has 3 aromatic rings. The van der Waals surface area contributed by atoms with Gasteiger partial charge in [0, 0.05) is 0 Å². The van der Waals surface area contributed by atoms with Crippen molar-refractivity contribution < 1.29 is 23.8 Å². The van der Waals surface area contributed by atoms with E-state index in [4.69, 9.17) is 13.9 Å². The van der Waals surface area contributed by atoms with Crippen molar-refractivity contribution in [1.82, 2.24) is 10.2 Å². The van der Waals surface area contributed by atoms with E-state index in [1.165, 1.54) is 30.6 Å². The summed E-state index contributed by atoms with van der Waals surface area (Å²) in [5, 5.41) is 19.5. The summed E-state index contributed by atoms with van der Waals surface area (Å²) in [5.74, 6) is 0.0685. The number of aromatic nitrogens is 2. The predicted octanol–water partition coefficient (Wildman–Crippen LogP) is 3.43. The molecule has 0 fully saturated rings. The summed E-state index contributed by atoms with van der Waals surface area (Å²) in [6.45, 7) is 1.61. The summed E-state index contributed by atoms with van der Waals surface area (Å²) in [7, 11) is 1.47. The van der Waals surface area contributed by atoms with E-state index in [9.17, 15) is 9.90 Å². The maximum absolute atomic E-state index is 12.2. The van der Waals surface area contributed by atoms with Crippen LogP contribution in [0.15, 0.2) is 40.1 Å². The number of hydrogen-bond acceptors (Lipinski definition) is 8. The lowest BCUT2D eigenvalue weighted by Crippen LogP contribution is -2.10. The lowest BCUT2D eigenvalue weighted by Gasteiger charge is -2.11. The highest BCUT2D eigenvalue weighted by Crippen LogP contribution is 2.28. The zero-order chi connectivity index (χ0) is 17.1. The number of carbonyl (C=O) groups is 1. The van der Waals surface area contributed by atoms with Crippen molar-refractivity contribution in [3.8, 4) is 22.3 Å². The Balaban J connectivity index is 1.75. The quantitative estimate of drug-likeness (QED) is 0.707. The third-order valence-corrected chi connectivity index (χ3v) is 4.09. The molecule has 3 rings (SSSR count). The number of rotatable bonds is 5. The molecule has 1 atom stereocenters. The Bertz CT molecular complexity index is 844. The molecule has 0 spiro atoms. The molecular weight excluding hydrogens is 332 g/mol. The highest BCUT2D eigenvalue weighted by Gasteiger charge is 2.22. The molecule has 0 bridgehead atoms. The Morgan fingerprint density at radius 2 is 2.17 bits per heavy atom. The van der Waals surface area contributed by atoms with Gasteiger partial charge in [-0.1, -0.05) is 6.07 Å². The van der Waals surface area contributed by atoms with Crippen LogP contribution in [0.4, 0.5) is 0 Å². The van der Waals surface area contributed by atoms with Gasteiger partial charge in [0.25, 0.3) is 11.8 Å². The average Bonchev–Trinajstić information content (AvgIpc) is 3.26. The maximum atomic E-state index is 12.2. The molecule has 0 saturated carbocycles. The third-order valence-electron chi connectivity index (χ3n) is 3.23. The van der Waals surface area contributed by atoms with Crippen molar-refractivity contribution >= 4 is 17.3 Å². The molecule has 1 N–H and O–H groups in total. The van der Waals surface area contributed by atoms with Crippen molar-refractivity contribution in [1.29, 1.82) is 0 Å². The van der Waals surface area contributed by atoms with E-state index < -0.39 is 12.1 Å². The van der Waals surface area contributed by atoms with Gasteiger partial charge in [-0.05, 0) is 36.6 Å². The van der Waals surface area contributed by atoms with Crippen molar-refractivity contribution in [3.63, 3.8) is 0 Å². The number of hydrogen-bond donors (Lipinski definition) is 1. The fourth-order valence-electron chi connectivity index (χ4n) is 1.98. The van der Waals surface area contributed by atoms with Gasteiger partial charge in [-0.15, -0.1) is 21.5 Å². The number of benzene rings is 1. The number of thiophene rings is 1. The summed E-state index contributed by atoms with van der Waals surface area (Å²) in [6.07, 6.45) is -0.760. The number of esters is 1. The van der Waals surface area contributed by atoms with Gasteiger partial charge >= 0.3 is 5.97 Å². The second-order valence-corrected chi connectivity index (χ2v) is 5.80. The standard InChI is InChI=1S/C16H14N2O5S/c1-9(14-17-18-15(23-14)13-4-3-7-24-13)22-16(20)11-8-10(21-2)5-6-12(11)19/h3-9,19H,1-2H3/t9-/m0/s1. The Morgan fingerprint density at radius 3 is 2.88 bits per heavy atom. The van der Waals surface area contributed by atoms with Gasteiger partial charge in [-0.3, -0.25) is 0 Å². The minimum Gasteiger partial charge on any atom is -0.507 e. The first kappa shape index (κ1) is 16.0. The fraction of sp³-hybridized carbons (Fsp3) is 0.188. The van der Waals surface area contributed by atoms with E-state index in [1.54, 1.807) is 13.0 Å². The molecule has 0 unspecified atom stereocenters. The van der Waals surface area contributed by atoms with Crippen molar-refractivity contribution in [2.75, 3.05) is 7.11 Å². The van der Waals surface area contributed by atoms with E-state index in [2.05, 4.69) is 10.2 Å². The van der Waals surface area contributed by atoms with Crippen LogP contribution in [0.1, 0.15) is 29.3 Å². The molecule has 2 heterocycles.